The smallest absolute Gasteiger partial charge is 0.354 e. The van der Waals surface area contributed by atoms with Crippen LogP contribution in [-0.2, 0) is 34.0 Å². The van der Waals surface area contributed by atoms with E-state index in [1.54, 1.807) is 43.3 Å². The quantitative estimate of drug-likeness (QED) is 0.297. The molecule has 0 radical (unpaired) electrons. The van der Waals surface area contributed by atoms with Crippen molar-refractivity contribution in [2.45, 2.75) is 49.4 Å². The van der Waals surface area contributed by atoms with Crippen LogP contribution in [0.25, 0.3) is 11.4 Å². The maximum atomic E-state index is 13.5. The predicted molar refractivity (Wildman–Crippen MR) is 144 cm³/mol. The number of esters is 1. The van der Waals surface area contributed by atoms with Gasteiger partial charge in [-0.25, -0.2) is 18.2 Å². The largest absolute Gasteiger partial charge is 0.480 e. The molecule has 0 bridgehead atoms. The van der Waals surface area contributed by atoms with E-state index in [2.05, 4.69) is 0 Å². The summed E-state index contributed by atoms with van der Waals surface area (Å²) in [5.74, 6) is -0.370. The molecule has 1 aliphatic carbocycles. The Morgan fingerprint density at radius 2 is 1.71 bits per heavy atom. The van der Waals surface area contributed by atoms with Crippen molar-refractivity contribution >= 4 is 15.8 Å². The number of carbonyl (C=O) groups excluding carboxylic acids is 1. The molecule has 8 heteroatoms. The normalized spacial score (nSPS) is 12.8. The molecule has 4 aromatic rings. The third kappa shape index (κ3) is 4.72. The Labute approximate surface area is 223 Å². The first-order valence-corrected chi connectivity index (χ1v) is 14.1. The van der Waals surface area contributed by atoms with E-state index in [0.717, 1.165) is 40.8 Å². The fourth-order valence-electron chi connectivity index (χ4n) is 4.94. The number of aromatic nitrogens is 2. The van der Waals surface area contributed by atoms with Crippen molar-refractivity contribution in [3.63, 3.8) is 0 Å². The van der Waals surface area contributed by atoms with E-state index < -0.39 is 15.8 Å². The number of aryl methyl sites for hydroxylation is 3. The molecule has 0 unspecified atom stereocenters. The van der Waals surface area contributed by atoms with Gasteiger partial charge in [-0.3, -0.25) is 0 Å². The number of hydrogen-bond donors (Lipinski definition) is 0. The Morgan fingerprint density at radius 3 is 2.39 bits per heavy atom. The first kappa shape index (κ1) is 25.7. The third-order valence-electron chi connectivity index (χ3n) is 6.81. The summed E-state index contributed by atoms with van der Waals surface area (Å²) in [5.41, 5.74) is 5.83. The van der Waals surface area contributed by atoms with E-state index in [-0.39, 0.29) is 22.3 Å². The zero-order chi connectivity index (χ0) is 26.9. The lowest BCUT2D eigenvalue weighted by atomic mass is 10.1. The van der Waals surface area contributed by atoms with Crippen molar-refractivity contribution in [1.82, 2.24) is 9.55 Å². The summed E-state index contributed by atoms with van der Waals surface area (Å²) in [7, 11) is -2.43. The average Bonchev–Trinajstić information content (AvgIpc) is 3.17. The molecule has 0 amide bonds. The Morgan fingerprint density at radius 1 is 1.00 bits per heavy atom. The molecular weight excluding hydrogens is 500 g/mol. The van der Waals surface area contributed by atoms with Crippen LogP contribution in [0.2, 0.25) is 0 Å². The number of pyridine rings is 1. The zero-order valence-corrected chi connectivity index (χ0v) is 22.5. The fraction of sp³-hybridized carbons (Fsp3) is 0.267. The van der Waals surface area contributed by atoms with Gasteiger partial charge >= 0.3 is 5.97 Å². The highest BCUT2D eigenvalue weighted by atomic mass is 32.2. The van der Waals surface area contributed by atoms with Crippen molar-refractivity contribution in [1.29, 1.82) is 0 Å². The summed E-state index contributed by atoms with van der Waals surface area (Å²) in [6.07, 6.45) is 2.16. The number of nitrogens with zero attached hydrogens (tertiary/aromatic N) is 2. The van der Waals surface area contributed by atoms with Crippen LogP contribution in [0.15, 0.2) is 76.5 Å². The number of ether oxygens (including phenoxy) is 2. The molecule has 2 aromatic carbocycles. The molecule has 0 aliphatic heterocycles. The summed E-state index contributed by atoms with van der Waals surface area (Å²) >= 11 is 0. The van der Waals surface area contributed by atoms with Crippen LogP contribution in [0.5, 0.6) is 5.88 Å². The molecule has 0 saturated carbocycles. The number of sulfone groups is 1. The lowest BCUT2D eigenvalue weighted by molar-refractivity contribution is 0.0514. The van der Waals surface area contributed by atoms with Gasteiger partial charge < -0.3 is 14.0 Å². The van der Waals surface area contributed by atoms with Gasteiger partial charge in [0.25, 0.3) is 0 Å². The van der Waals surface area contributed by atoms with Crippen LogP contribution < -0.4 is 4.74 Å². The number of rotatable bonds is 7. The summed E-state index contributed by atoms with van der Waals surface area (Å²) in [5, 5.41) is 0. The molecule has 0 atom stereocenters. The summed E-state index contributed by atoms with van der Waals surface area (Å²) in [4.78, 5) is 18.0. The lowest BCUT2D eigenvalue weighted by Gasteiger charge is -2.17. The van der Waals surface area contributed by atoms with Crippen LogP contribution in [0.1, 0.15) is 46.1 Å². The van der Waals surface area contributed by atoms with E-state index in [4.69, 9.17) is 14.5 Å². The number of fused-ring (bicyclic) bond motifs is 3. The minimum atomic E-state index is -3.85. The highest BCUT2D eigenvalue weighted by Crippen LogP contribution is 2.39. The molecule has 7 nitrogen and oxygen atoms in total. The van der Waals surface area contributed by atoms with Gasteiger partial charge in [-0.2, -0.15) is 0 Å². The number of carbonyl (C=O) groups is 1. The standard InChI is InChI=1S/C30H30N2O5S/c1-4-37-30(33)25-17-23-10-8-9-22-18-26(38(34,35)24-11-6-5-7-12-24)29(36-3)31-27(22)28(23)32(25)19-21-15-13-20(2)14-16-21/h5-7,11-18H,4,8-10,19H2,1-3H3. The fourth-order valence-corrected chi connectivity index (χ4v) is 6.36. The Hall–Kier alpha value is -3.91. The molecule has 2 aromatic heterocycles. The molecule has 1 aliphatic rings. The third-order valence-corrected chi connectivity index (χ3v) is 8.57. The molecule has 38 heavy (non-hydrogen) atoms. The molecule has 196 valence electrons. The number of benzene rings is 2. The SMILES string of the molecule is CCOC(=O)c1cc2c(n1Cc1ccc(C)cc1)-c1nc(OC)c(S(=O)(=O)c3ccccc3)cc1CCC2. The lowest BCUT2D eigenvalue weighted by Crippen LogP contribution is -2.15. The van der Waals surface area contributed by atoms with Crippen molar-refractivity contribution in [2.24, 2.45) is 0 Å². The van der Waals surface area contributed by atoms with E-state index in [0.29, 0.717) is 24.4 Å². The summed E-state index contributed by atoms with van der Waals surface area (Å²) in [6.45, 7) is 4.52. The monoisotopic (exact) mass is 530 g/mol. The molecule has 0 spiro atoms. The highest BCUT2D eigenvalue weighted by Gasteiger charge is 2.31. The van der Waals surface area contributed by atoms with Gasteiger partial charge in [-0.05, 0) is 74.1 Å². The molecular formula is C30H30N2O5S. The van der Waals surface area contributed by atoms with Crippen molar-refractivity contribution in [3.05, 3.63) is 94.7 Å². The second-order valence-electron chi connectivity index (χ2n) is 9.37. The van der Waals surface area contributed by atoms with Crippen LogP contribution in [0.4, 0.5) is 0 Å². The number of methoxy groups -OCH3 is 1. The van der Waals surface area contributed by atoms with Crippen LogP contribution in [0, 0.1) is 6.92 Å². The molecule has 0 saturated heterocycles. The topological polar surface area (TPSA) is 87.5 Å². The zero-order valence-electron chi connectivity index (χ0n) is 21.7. The van der Waals surface area contributed by atoms with Gasteiger partial charge in [-0.15, -0.1) is 0 Å². The van der Waals surface area contributed by atoms with Gasteiger partial charge in [0.2, 0.25) is 15.7 Å². The summed E-state index contributed by atoms with van der Waals surface area (Å²) < 4.78 is 40.0. The summed E-state index contributed by atoms with van der Waals surface area (Å²) in [6, 6.07) is 20.0. The van der Waals surface area contributed by atoms with Crippen molar-refractivity contribution < 1.29 is 22.7 Å². The maximum absolute atomic E-state index is 13.5. The Balaban J connectivity index is 1.71. The Kier molecular flexibility index (Phi) is 7.08. The minimum Gasteiger partial charge on any atom is -0.480 e. The van der Waals surface area contributed by atoms with E-state index in [1.165, 1.54) is 7.11 Å². The van der Waals surface area contributed by atoms with Crippen molar-refractivity contribution in [2.75, 3.05) is 13.7 Å². The molecule has 2 heterocycles. The van der Waals surface area contributed by atoms with Gasteiger partial charge in [0, 0.05) is 6.54 Å². The maximum Gasteiger partial charge on any atom is 0.354 e. The molecule has 5 rings (SSSR count). The highest BCUT2D eigenvalue weighted by molar-refractivity contribution is 7.91. The van der Waals surface area contributed by atoms with Gasteiger partial charge in [-0.1, -0.05) is 48.0 Å². The molecule has 0 fully saturated rings. The predicted octanol–water partition coefficient (Wildman–Crippen LogP) is 5.41. The average molecular weight is 531 g/mol. The van der Waals surface area contributed by atoms with Crippen LogP contribution in [0.3, 0.4) is 0 Å². The second-order valence-corrected chi connectivity index (χ2v) is 11.3. The van der Waals surface area contributed by atoms with E-state index >= 15 is 0 Å². The van der Waals surface area contributed by atoms with Crippen LogP contribution >= 0.6 is 0 Å². The first-order chi connectivity index (χ1) is 18.3. The minimum absolute atomic E-state index is 0.0289. The van der Waals surface area contributed by atoms with E-state index in [9.17, 15) is 13.2 Å². The van der Waals surface area contributed by atoms with E-state index in [1.807, 2.05) is 41.8 Å². The first-order valence-electron chi connectivity index (χ1n) is 12.7. The van der Waals surface area contributed by atoms with Gasteiger partial charge in [0.05, 0.1) is 30.0 Å². The number of hydrogen-bond acceptors (Lipinski definition) is 6. The van der Waals surface area contributed by atoms with Gasteiger partial charge in [0.15, 0.2) is 0 Å². The molecule has 0 N–H and O–H groups in total. The van der Waals surface area contributed by atoms with Gasteiger partial charge in [0.1, 0.15) is 10.6 Å². The van der Waals surface area contributed by atoms with Crippen LogP contribution in [-0.4, -0.2) is 37.7 Å². The van der Waals surface area contributed by atoms with Crippen molar-refractivity contribution in [3.8, 4) is 17.3 Å². The Bertz CT molecular complexity index is 1590. The second kappa shape index (κ2) is 10.5.